The number of aryl methyl sites for hydroxylation is 1. The van der Waals surface area contributed by atoms with E-state index in [-0.39, 0.29) is 0 Å². The van der Waals surface area contributed by atoms with Gasteiger partial charge in [-0.2, -0.15) is 0 Å². The van der Waals surface area contributed by atoms with E-state index in [1.807, 2.05) is 26.2 Å². The highest BCUT2D eigenvalue weighted by atomic mass is 15.0. The molecule has 0 saturated heterocycles. The van der Waals surface area contributed by atoms with E-state index in [0.29, 0.717) is 0 Å². The second-order valence-corrected chi connectivity index (χ2v) is 3.44. The molecule has 1 aromatic rings. The highest BCUT2D eigenvalue weighted by Crippen LogP contribution is 2.14. The Morgan fingerprint density at radius 1 is 1.33 bits per heavy atom. The molecule has 0 bridgehead atoms. The maximum atomic E-state index is 5.81. The molecule has 0 fully saturated rings. The van der Waals surface area contributed by atoms with Crippen LogP contribution in [0.25, 0.3) is 0 Å². The van der Waals surface area contributed by atoms with Crippen LogP contribution in [0.1, 0.15) is 11.1 Å². The Hall–Kier alpha value is -1.02. The first-order valence-corrected chi connectivity index (χ1v) is 4.09. The van der Waals surface area contributed by atoms with Gasteiger partial charge in [0, 0.05) is 12.2 Å². The maximum Gasteiger partial charge on any atom is 0.0359 e. The molecule has 66 valence electrons. The Kier molecular flexibility index (Phi) is 2.71. The lowest BCUT2D eigenvalue weighted by Crippen LogP contribution is -2.12. The number of hydrogen-bond donors (Lipinski definition) is 1. The van der Waals surface area contributed by atoms with Crippen molar-refractivity contribution in [2.75, 3.05) is 19.8 Å². The monoisotopic (exact) mass is 164 g/mol. The van der Waals surface area contributed by atoms with Gasteiger partial charge < -0.3 is 10.6 Å². The standard InChI is InChI=1S/C10H16N2/c1-8-4-5-10(11)9(6-8)7-12(2)3/h4-6H,7,11H2,1-3H3. The molecule has 0 radical (unpaired) electrons. The van der Waals surface area contributed by atoms with Crippen molar-refractivity contribution in [3.05, 3.63) is 29.3 Å². The molecule has 1 rings (SSSR count). The molecule has 12 heavy (non-hydrogen) atoms. The number of nitrogens with two attached hydrogens (primary N) is 1. The molecule has 0 aromatic heterocycles. The third-order valence-electron chi connectivity index (χ3n) is 1.79. The van der Waals surface area contributed by atoms with E-state index < -0.39 is 0 Å². The minimum Gasteiger partial charge on any atom is -0.398 e. The lowest BCUT2D eigenvalue weighted by Gasteiger charge is -2.12. The molecular weight excluding hydrogens is 148 g/mol. The fourth-order valence-corrected chi connectivity index (χ4v) is 1.21. The fraction of sp³-hybridized carbons (Fsp3) is 0.400. The van der Waals surface area contributed by atoms with Gasteiger partial charge in [-0.25, -0.2) is 0 Å². The summed E-state index contributed by atoms with van der Waals surface area (Å²) in [5.74, 6) is 0. The van der Waals surface area contributed by atoms with Gasteiger partial charge in [0.2, 0.25) is 0 Å². The number of nitrogen functional groups attached to an aromatic ring is 1. The molecule has 0 unspecified atom stereocenters. The van der Waals surface area contributed by atoms with Crippen LogP contribution in [-0.2, 0) is 6.54 Å². The highest BCUT2D eigenvalue weighted by molar-refractivity contribution is 5.48. The van der Waals surface area contributed by atoms with Crippen LogP contribution in [0, 0.1) is 6.92 Å². The second kappa shape index (κ2) is 3.59. The van der Waals surface area contributed by atoms with Crippen LogP contribution in [-0.4, -0.2) is 19.0 Å². The molecule has 0 heterocycles. The SMILES string of the molecule is Cc1ccc(N)c(CN(C)C)c1. The van der Waals surface area contributed by atoms with Crippen molar-refractivity contribution in [3.63, 3.8) is 0 Å². The van der Waals surface area contributed by atoms with Gasteiger partial charge in [-0.3, -0.25) is 0 Å². The van der Waals surface area contributed by atoms with Gasteiger partial charge in [-0.15, -0.1) is 0 Å². The Balaban J connectivity index is 2.90. The summed E-state index contributed by atoms with van der Waals surface area (Å²) < 4.78 is 0. The molecule has 0 saturated carbocycles. The minimum atomic E-state index is 0.884. The van der Waals surface area contributed by atoms with E-state index in [1.54, 1.807) is 0 Å². The van der Waals surface area contributed by atoms with Gasteiger partial charge in [0.15, 0.2) is 0 Å². The topological polar surface area (TPSA) is 29.3 Å². The summed E-state index contributed by atoms with van der Waals surface area (Å²) in [6.07, 6.45) is 0. The first-order chi connectivity index (χ1) is 5.59. The van der Waals surface area contributed by atoms with E-state index in [4.69, 9.17) is 5.73 Å². The molecule has 0 aliphatic heterocycles. The minimum absolute atomic E-state index is 0.884. The maximum absolute atomic E-state index is 5.81. The number of nitrogens with zero attached hydrogens (tertiary/aromatic N) is 1. The summed E-state index contributed by atoms with van der Waals surface area (Å²) in [5, 5.41) is 0. The molecule has 0 aliphatic carbocycles. The first-order valence-electron chi connectivity index (χ1n) is 4.09. The largest absolute Gasteiger partial charge is 0.398 e. The van der Waals surface area contributed by atoms with E-state index in [2.05, 4.69) is 17.9 Å². The molecule has 0 atom stereocenters. The van der Waals surface area contributed by atoms with Crippen molar-refractivity contribution in [3.8, 4) is 0 Å². The summed E-state index contributed by atoms with van der Waals surface area (Å²) >= 11 is 0. The predicted octanol–water partition coefficient (Wildman–Crippen LogP) is 1.64. The average Bonchev–Trinajstić information content (AvgIpc) is 1.96. The van der Waals surface area contributed by atoms with E-state index in [1.165, 1.54) is 11.1 Å². The van der Waals surface area contributed by atoms with Crippen LogP contribution in [0.4, 0.5) is 5.69 Å². The Labute approximate surface area is 74.0 Å². The van der Waals surface area contributed by atoms with Gasteiger partial charge in [0.1, 0.15) is 0 Å². The molecular formula is C10H16N2. The number of rotatable bonds is 2. The Morgan fingerprint density at radius 3 is 2.58 bits per heavy atom. The fourth-order valence-electron chi connectivity index (χ4n) is 1.21. The van der Waals surface area contributed by atoms with Crippen LogP contribution >= 0.6 is 0 Å². The van der Waals surface area contributed by atoms with E-state index in [0.717, 1.165) is 12.2 Å². The van der Waals surface area contributed by atoms with E-state index in [9.17, 15) is 0 Å². The zero-order valence-electron chi connectivity index (χ0n) is 7.96. The van der Waals surface area contributed by atoms with Crippen LogP contribution in [0.15, 0.2) is 18.2 Å². The van der Waals surface area contributed by atoms with Crippen molar-refractivity contribution in [2.24, 2.45) is 0 Å². The molecule has 2 nitrogen and oxygen atoms in total. The van der Waals surface area contributed by atoms with Crippen LogP contribution in [0.3, 0.4) is 0 Å². The Morgan fingerprint density at radius 2 is 2.00 bits per heavy atom. The van der Waals surface area contributed by atoms with Gasteiger partial charge in [-0.1, -0.05) is 17.7 Å². The third-order valence-corrected chi connectivity index (χ3v) is 1.79. The third kappa shape index (κ3) is 2.24. The van der Waals surface area contributed by atoms with Crippen LogP contribution < -0.4 is 5.73 Å². The average molecular weight is 164 g/mol. The number of hydrogen-bond acceptors (Lipinski definition) is 2. The number of anilines is 1. The van der Waals surface area contributed by atoms with Gasteiger partial charge >= 0.3 is 0 Å². The van der Waals surface area contributed by atoms with Gasteiger partial charge in [0.25, 0.3) is 0 Å². The first kappa shape index (κ1) is 9.07. The lowest BCUT2D eigenvalue weighted by atomic mass is 10.1. The zero-order valence-corrected chi connectivity index (χ0v) is 7.96. The quantitative estimate of drug-likeness (QED) is 0.673. The second-order valence-electron chi connectivity index (χ2n) is 3.44. The van der Waals surface area contributed by atoms with Crippen molar-refractivity contribution in [1.82, 2.24) is 4.90 Å². The van der Waals surface area contributed by atoms with Crippen molar-refractivity contribution in [1.29, 1.82) is 0 Å². The molecule has 2 heteroatoms. The van der Waals surface area contributed by atoms with Crippen molar-refractivity contribution < 1.29 is 0 Å². The van der Waals surface area contributed by atoms with Crippen molar-refractivity contribution in [2.45, 2.75) is 13.5 Å². The molecule has 0 amide bonds. The highest BCUT2D eigenvalue weighted by Gasteiger charge is 1.99. The predicted molar refractivity (Wildman–Crippen MR) is 53.0 cm³/mol. The van der Waals surface area contributed by atoms with Gasteiger partial charge in [0.05, 0.1) is 0 Å². The smallest absolute Gasteiger partial charge is 0.0359 e. The number of benzene rings is 1. The summed E-state index contributed by atoms with van der Waals surface area (Å²) in [6, 6.07) is 6.14. The van der Waals surface area contributed by atoms with Crippen LogP contribution in [0.5, 0.6) is 0 Å². The molecule has 1 aromatic carbocycles. The Bertz CT molecular complexity index is 267. The van der Waals surface area contributed by atoms with Gasteiger partial charge in [-0.05, 0) is 32.6 Å². The molecule has 0 spiro atoms. The normalized spacial score (nSPS) is 10.7. The van der Waals surface area contributed by atoms with Crippen LogP contribution in [0.2, 0.25) is 0 Å². The summed E-state index contributed by atoms with van der Waals surface area (Å²) in [5.41, 5.74) is 9.17. The zero-order chi connectivity index (χ0) is 9.14. The summed E-state index contributed by atoms with van der Waals surface area (Å²) in [6.45, 7) is 2.99. The lowest BCUT2D eigenvalue weighted by molar-refractivity contribution is 0.403. The molecule has 2 N–H and O–H groups in total. The summed E-state index contributed by atoms with van der Waals surface area (Å²) in [7, 11) is 4.09. The van der Waals surface area contributed by atoms with Crippen molar-refractivity contribution >= 4 is 5.69 Å². The summed E-state index contributed by atoms with van der Waals surface area (Å²) in [4.78, 5) is 2.12. The van der Waals surface area contributed by atoms with E-state index >= 15 is 0 Å². The molecule has 0 aliphatic rings.